The highest BCUT2D eigenvalue weighted by Gasteiger charge is 2.28. The summed E-state index contributed by atoms with van der Waals surface area (Å²) in [4.78, 5) is 21.9. The minimum atomic E-state index is -0.00729. The molecule has 2 aliphatic heterocycles. The lowest BCUT2D eigenvalue weighted by molar-refractivity contribution is -0.132. The molecule has 8 heteroatoms. The van der Waals surface area contributed by atoms with E-state index in [1.807, 2.05) is 4.90 Å². The number of hydrogen-bond acceptors (Lipinski definition) is 4. The van der Waals surface area contributed by atoms with Gasteiger partial charge in [0.15, 0.2) is 5.96 Å². The van der Waals surface area contributed by atoms with Crippen molar-refractivity contribution in [3.05, 3.63) is 35.4 Å². The standard InChI is InChI=1S/C24H39N5O2.HI/c1-4-25-23(27-19-24(2,3)29-14-16-31-17-15-29)26-12-7-10-22(30)28-13-11-20-8-5-6-9-21(20)18-28;/h5-6,8-9H,4,7,10-19H2,1-3H3,(H2,25,26,27);1H. The third-order valence-electron chi connectivity index (χ3n) is 6.18. The number of hydrogen-bond donors (Lipinski definition) is 2. The highest BCUT2D eigenvalue weighted by molar-refractivity contribution is 14.0. The molecular weight excluding hydrogens is 517 g/mol. The van der Waals surface area contributed by atoms with Crippen molar-refractivity contribution >= 4 is 35.8 Å². The largest absolute Gasteiger partial charge is 0.379 e. The van der Waals surface area contributed by atoms with Crippen LogP contribution >= 0.6 is 24.0 Å². The molecule has 1 amide bonds. The number of aliphatic imine (C=N–C) groups is 1. The lowest BCUT2D eigenvalue weighted by Crippen LogP contribution is -2.52. The SMILES string of the molecule is CCNC(=NCC(C)(C)N1CCOCC1)NCCCC(=O)N1CCc2ccccc2C1.I. The van der Waals surface area contributed by atoms with Crippen molar-refractivity contribution in [2.45, 2.75) is 52.1 Å². The van der Waals surface area contributed by atoms with Crippen molar-refractivity contribution in [3.63, 3.8) is 0 Å². The van der Waals surface area contributed by atoms with Gasteiger partial charge in [0, 0.05) is 51.2 Å². The second-order valence-electron chi connectivity index (χ2n) is 8.97. The molecule has 7 nitrogen and oxygen atoms in total. The molecule has 32 heavy (non-hydrogen) atoms. The van der Waals surface area contributed by atoms with Crippen molar-refractivity contribution in [1.29, 1.82) is 0 Å². The fourth-order valence-corrected chi connectivity index (χ4v) is 4.20. The predicted octanol–water partition coefficient (Wildman–Crippen LogP) is 2.64. The van der Waals surface area contributed by atoms with Crippen molar-refractivity contribution in [2.75, 3.05) is 52.5 Å². The molecule has 1 aromatic carbocycles. The first-order valence-electron chi connectivity index (χ1n) is 11.7. The molecule has 2 aliphatic rings. The van der Waals surface area contributed by atoms with Crippen LogP contribution in [0.4, 0.5) is 0 Å². The average Bonchev–Trinajstić information content (AvgIpc) is 2.80. The summed E-state index contributed by atoms with van der Waals surface area (Å²) in [5, 5.41) is 6.72. The summed E-state index contributed by atoms with van der Waals surface area (Å²) in [6.07, 6.45) is 2.32. The third-order valence-corrected chi connectivity index (χ3v) is 6.18. The van der Waals surface area contributed by atoms with Crippen LogP contribution in [0.2, 0.25) is 0 Å². The minimum absolute atomic E-state index is 0. The molecule has 0 unspecified atom stereocenters. The Hall–Kier alpha value is -1.39. The van der Waals surface area contributed by atoms with E-state index in [-0.39, 0.29) is 35.4 Å². The van der Waals surface area contributed by atoms with Crippen molar-refractivity contribution in [1.82, 2.24) is 20.4 Å². The van der Waals surface area contributed by atoms with Gasteiger partial charge in [0.25, 0.3) is 0 Å². The Morgan fingerprint density at radius 2 is 1.84 bits per heavy atom. The number of ether oxygens (including phenoxy) is 1. The molecule has 0 bridgehead atoms. The Labute approximate surface area is 210 Å². The van der Waals surface area contributed by atoms with Gasteiger partial charge in [-0.1, -0.05) is 24.3 Å². The van der Waals surface area contributed by atoms with Gasteiger partial charge in [-0.15, -0.1) is 24.0 Å². The molecule has 2 heterocycles. The fraction of sp³-hybridized carbons (Fsp3) is 0.667. The Morgan fingerprint density at radius 3 is 2.56 bits per heavy atom. The molecule has 0 radical (unpaired) electrons. The van der Waals surface area contributed by atoms with Crippen LogP contribution < -0.4 is 10.6 Å². The molecule has 3 rings (SSSR count). The molecule has 0 aliphatic carbocycles. The van der Waals surface area contributed by atoms with Crippen molar-refractivity contribution < 1.29 is 9.53 Å². The topological polar surface area (TPSA) is 69.2 Å². The number of halogens is 1. The van der Waals surface area contributed by atoms with Gasteiger partial charge in [0.2, 0.25) is 5.91 Å². The Bertz CT molecular complexity index is 750. The number of rotatable bonds is 8. The summed E-state index contributed by atoms with van der Waals surface area (Å²) in [6.45, 7) is 13.9. The second kappa shape index (κ2) is 13.3. The number of benzene rings is 1. The first kappa shape index (κ1) is 26.9. The Balaban J connectivity index is 0.00000363. The van der Waals surface area contributed by atoms with Crippen LogP contribution in [0.15, 0.2) is 29.3 Å². The Kier molecular flexibility index (Phi) is 11.2. The number of carbonyl (C=O) groups excluding carboxylic acids is 1. The van der Waals surface area contributed by atoms with Crippen LogP contribution in [-0.2, 0) is 22.5 Å². The van der Waals surface area contributed by atoms with E-state index in [1.54, 1.807) is 0 Å². The summed E-state index contributed by atoms with van der Waals surface area (Å²) in [5.74, 6) is 1.06. The van der Waals surface area contributed by atoms with E-state index in [2.05, 4.69) is 60.6 Å². The number of morpholine rings is 1. The molecule has 1 aromatic rings. The van der Waals surface area contributed by atoms with Gasteiger partial charge < -0.3 is 20.3 Å². The van der Waals surface area contributed by atoms with E-state index in [0.29, 0.717) is 13.0 Å². The number of nitrogens with one attached hydrogen (secondary N) is 2. The van der Waals surface area contributed by atoms with Crippen LogP contribution in [0.5, 0.6) is 0 Å². The monoisotopic (exact) mass is 557 g/mol. The second-order valence-corrected chi connectivity index (χ2v) is 8.97. The van der Waals surface area contributed by atoms with E-state index >= 15 is 0 Å². The molecule has 0 saturated carbocycles. The summed E-state index contributed by atoms with van der Waals surface area (Å²) >= 11 is 0. The van der Waals surface area contributed by atoms with E-state index in [4.69, 9.17) is 9.73 Å². The van der Waals surface area contributed by atoms with E-state index in [1.165, 1.54) is 11.1 Å². The minimum Gasteiger partial charge on any atom is -0.379 e. The van der Waals surface area contributed by atoms with Gasteiger partial charge in [-0.2, -0.15) is 0 Å². The van der Waals surface area contributed by atoms with Crippen LogP contribution in [-0.4, -0.2) is 79.7 Å². The van der Waals surface area contributed by atoms with Gasteiger partial charge in [-0.05, 0) is 44.7 Å². The predicted molar refractivity (Wildman–Crippen MR) is 141 cm³/mol. The lowest BCUT2D eigenvalue weighted by Gasteiger charge is -2.39. The number of amides is 1. The maximum absolute atomic E-state index is 12.6. The van der Waals surface area contributed by atoms with Crippen LogP contribution in [0.1, 0.15) is 44.7 Å². The van der Waals surface area contributed by atoms with Gasteiger partial charge in [0.05, 0.1) is 19.8 Å². The van der Waals surface area contributed by atoms with Crippen LogP contribution in [0.25, 0.3) is 0 Å². The summed E-state index contributed by atoms with van der Waals surface area (Å²) in [5.41, 5.74) is 2.65. The highest BCUT2D eigenvalue weighted by atomic mass is 127. The van der Waals surface area contributed by atoms with Gasteiger partial charge in [0.1, 0.15) is 0 Å². The van der Waals surface area contributed by atoms with Crippen LogP contribution in [0, 0.1) is 0 Å². The zero-order valence-corrected chi connectivity index (χ0v) is 22.2. The Morgan fingerprint density at radius 1 is 1.12 bits per heavy atom. The summed E-state index contributed by atoms with van der Waals surface area (Å²) in [7, 11) is 0. The number of fused-ring (bicyclic) bond motifs is 1. The number of nitrogens with zero attached hydrogens (tertiary/aromatic N) is 3. The van der Waals surface area contributed by atoms with Crippen molar-refractivity contribution in [2.24, 2.45) is 4.99 Å². The molecule has 1 fully saturated rings. The summed E-state index contributed by atoms with van der Waals surface area (Å²) < 4.78 is 5.47. The van der Waals surface area contributed by atoms with Crippen LogP contribution in [0.3, 0.4) is 0 Å². The average molecular weight is 558 g/mol. The maximum Gasteiger partial charge on any atom is 0.222 e. The van der Waals surface area contributed by atoms with Gasteiger partial charge in [-0.25, -0.2) is 0 Å². The lowest BCUT2D eigenvalue weighted by atomic mass is 9.99. The quantitative estimate of drug-likeness (QED) is 0.223. The molecular formula is C24H40IN5O2. The molecule has 1 saturated heterocycles. The van der Waals surface area contributed by atoms with E-state index in [0.717, 1.165) is 71.3 Å². The number of guanidine groups is 1. The van der Waals surface area contributed by atoms with Gasteiger partial charge >= 0.3 is 0 Å². The highest BCUT2D eigenvalue weighted by Crippen LogP contribution is 2.19. The molecule has 0 aromatic heterocycles. The maximum atomic E-state index is 12.6. The van der Waals surface area contributed by atoms with Gasteiger partial charge in [-0.3, -0.25) is 14.7 Å². The first-order valence-corrected chi connectivity index (χ1v) is 11.7. The van der Waals surface area contributed by atoms with E-state index in [9.17, 15) is 4.79 Å². The molecule has 2 N–H and O–H groups in total. The normalized spacial score (nSPS) is 17.3. The first-order chi connectivity index (χ1) is 15.0. The number of carbonyl (C=O) groups is 1. The smallest absolute Gasteiger partial charge is 0.222 e. The zero-order chi connectivity index (χ0) is 22.1. The zero-order valence-electron chi connectivity index (χ0n) is 19.9. The van der Waals surface area contributed by atoms with E-state index < -0.39 is 0 Å². The summed E-state index contributed by atoms with van der Waals surface area (Å²) in [6, 6.07) is 8.43. The molecule has 180 valence electrons. The molecule has 0 spiro atoms. The third kappa shape index (κ3) is 7.88. The van der Waals surface area contributed by atoms with Crippen molar-refractivity contribution in [3.8, 4) is 0 Å². The molecule has 0 atom stereocenters. The fourth-order valence-electron chi connectivity index (χ4n) is 4.20.